The molecule has 2 aromatic carbocycles. The van der Waals surface area contributed by atoms with Crippen LogP contribution in [-0.4, -0.2) is 52.6 Å². The minimum Gasteiger partial charge on any atom is -0.497 e. The standard InChI is InChI=1S/C20H15F7N2O3/c1-32-14-9-7-13(8-10-14)16(30)29-17(31,18(21,22)19(23,24)20(25,26)27)11-15(28-29)12-5-3-2-4-6-12/h2-10,31H,11H2,1H3. The predicted octanol–water partition coefficient (Wildman–Crippen LogP) is 4.47. The number of amides is 1. The first-order valence-corrected chi connectivity index (χ1v) is 8.92. The number of halogens is 7. The first-order chi connectivity index (χ1) is 14.8. The molecule has 5 nitrogen and oxygen atoms in total. The van der Waals surface area contributed by atoms with Crippen LogP contribution >= 0.6 is 0 Å². The Morgan fingerprint density at radius 3 is 2.06 bits per heavy atom. The van der Waals surface area contributed by atoms with Crippen LogP contribution in [0.3, 0.4) is 0 Å². The van der Waals surface area contributed by atoms with E-state index in [0.717, 1.165) is 12.1 Å². The van der Waals surface area contributed by atoms with E-state index < -0.39 is 52.4 Å². The van der Waals surface area contributed by atoms with Crippen LogP contribution < -0.4 is 4.74 Å². The molecule has 0 spiro atoms. The SMILES string of the molecule is COc1ccc(C(=O)N2N=C(c3ccccc3)CC2(O)C(F)(F)C(F)(F)C(F)(F)F)cc1. The highest BCUT2D eigenvalue weighted by Gasteiger charge is 2.82. The van der Waals surface area contributed by atoms with Gasteiger partial charge in [-0.05, 0) is 29.8 Å². The Hall–Kier alpha value is -3.15. The van der Waals surface area contributed by atoms with Crippen LogP contribution in [0, 0.1) is 0 Å². The fourth-order valence-electron chi connectivity index (χ4n) is 3.08. The van der Waals surface area contributed by atoms with Gasteiger partial charge in [0, 0.05) is 12.0 Å². The maximum Gasteiger partial charge on any atom is 0.460 e. The highest BCUT2D eigenvalue weighted by Crippen LogP contribution is 2.54. The second-order valence-electron chi connectivity index (χ2n) is 6.90. The van der Waals surface area contributed by atoms with Crippen LogP contribution in [0.2, 0.25) is 0 Å². The highest BCUT2D eigenvalue weighted by molar-refractivity contribution is 6.05. The zero-order chi connectivity index (χ0) is 23.9. The minimum atomic E-state index is -6.71. The number of aliphatic hydroxyl groups is 1. The minimum absolute atomic E-state index is 0.0436. The second-order valence-corrected chi connectivity index (χ2v) is 6.90. The van der Waals surface area contributed by atoms with E-state index in [0.29, 0.717) is 0 Å². The fraction of sp³-hybridized carbons (Fsp3) is 0.300. The summed E-state index contributed by atoms with van der Waals surface area (Å²) in [4.78, 5) is 12.8. The van der Waals surface area contributed by atoms with Crippen LogP contribution in [0.5, 0.6) is 5.75 Å². The molecule has 0 aromatic heterocycles. The van der Waals surface area contributed by atoms with Gasteiger partial charge in [-0.25, -0.2) is 0 Å². The van der Waals surface area contributed by atoms with Gasteiger partial charge >= 0.3 is 18.0 Å². The lowest BCUT2D eigenvalue weighted by Crippen LogP contribution is -2.69. The molecule has 1 aliphatic rings. The van der Waals surface area contributed by atoms with Gasteiger partial charge in [0.2, 0.25) is 5.72 Å². The maximum absolute atomic E-state index is 14.7. The fourth-order valence-corrected chi connectivity index (χ4v) is 3.08. The van der Waals surface area contributed by atoms with Gasteiger partial charge in [-0.15, -0.1) is 0 Å². The molecule has 0 aliphatic carbocycles. The van der Waals surface area contributed by atoms with Crippen LogP contribution in [0.15, 0.2) is 59.7 Å². The van der Waals surface area contributed by atoms with Gasteiger partial charge in [-0.2, -0.15) is 40.8 Å². The van der Waals surface area contributed by atoms with Crippen molar-refractivity contribution in [3.63, 3.8) is 0 Å². The molecular formula is C20H15F7N2O3. The van der Waals surface area contributed by atoms with Gasteiger partial charge in [0.05, 0.1) is 12.8 Å². The van der Waals surface area contributed by atoms with Gasteiger partial charge in [-0.1, -0.05) is 30.3 Å². The van der Waals surface area contributed by atoms with E-state index in [9.17, 15) is 40.6 Å². The van der Waals surface area contributed by atoms with Gasteiger partial charge in [0.25, 0.3) is 5.91 Å². The van der Waals surface area contributed by atoms with Crippen molar-refractivity contribution in [1.82, 2.24) is 5.01 Å². The average molecular weight is 464 g/mol. The summed E-state index contributed by atoms with van der Waals surface area (Å²) in [6.07, 6.45) is -8.19. The summed E-state index contributed by atoms with van der Waals surface area (Å²) >= 11 is 0. The summed E-state index contributed by atoms with van der Waals surface area (Å²) in [6, 6.07) is 11.6. The summed E-state index contributed by atoms with van der Waals surface area (Å²) in [5.74, 6) is -14.1. The summed E-state index contributed by atoms with van der Waals surface area (Å²) < 4.78 is 100. The van der Waals surface area contributed by atoms with Crippen molar-refractivity contribution in [3.8, 4) is 5.75 Å². The number of carbonyl (C=O) groups excluding carboxylic acids is 1. The molecule has 1 unspecified atom stereocenters. The van der Waals surface area contributed by atoms with Crippen molar-refractivity contribution in [2.75, 3.05) is 7.11 Å². The van der Waals surface area contributed by atoms with Gasteiger partial charge in [0.15, 0.2) is 0 Å². The molecule has 12 heteroatoms. The maximum atomic E-state index is 14.7. The first kappa shape index (κ1) is 23.5. The zero-order valence-electron chi connectivity index (χ0n) is 16.2. The van der Waals surface area contributed by atoms with E-state index in [-0.39, 0.29) is 11.3 Å². The molecule has 1 amide bonds. The molecule has 0 bridgehead atoms. The third-order valence-corrected chi connectivity index (χ3v) is 4.87. The van der Waals surface area contributed by atoms with Crippen molar-refractivity contribution in [3.05, 3.63) is 65.7 Å². The van der Waals surface area contributed by atoms with Gasteiger partial charge in [-0.3, -0.25) is 4.79 Å². The Morgan fingerprint density at radius 2 is 1.56 bits per heavy atom. The molecule has 172 valence electrons. The molecule has 0 fully saturated rings. The normalized spacial score (nSPS) is 19.7. The van der Waals surface area contributed by atoms with E-state index in [1.165, 1.54) is 49.6 Å². The second kappa shape index (κ2) is 7.76. The zero-order valence-corrected chi connectivity index (χ0v) is 16.2. The van der Waals surface area contributed by atoms with Crippen molar-refractivity contribution in [2.24, 2.45) is 5.10 Å². The number of nitrogens with zero attached hydrogens (tertiary/aromatic N) is 2. The lowest BCUT2D eigenvalue weighted by molar-refractivity contribution is -0.400. The molecule has 3 rings (SSSR count). The molecule has 0 saturated heterocycles. The topological polar surface area (TPSA) is 62.1 Å². The quantitative estimate of drug-likeness (QED) is 0.665. The van der Waals surface area contributed by atoms with Crippen molar-refractivity contribution in [2.45, 2.75) is 30.2 Å². The third kappa shape index (κ3) is 3.57. The molecule has 1 aliphatic heterocycles. The molecule has 32 heavy (non-hydrogen) atoms. The summed E-state index contributed by atoms with van der Waals surface area (Å²) in [5.41, 5.74) is -5.16. The number of benzene rings is 2. The number of hydrazone groups is 1. The lowest BCUT2D eigenvalue weighted by atomic mass is 9.91. The third-order valence-electron chi connectivity index (χ3n) is 4.87. The van der Waals surface area contributed by atoms with E-state index in [1.807, 2.05) is 0 Å². The number of carbonyl (C=O) groups is 1. The Labute approximate surface area is 176 Å². The van der Waals surface area contributed by atoms with Crippen LogP contribution in [0.4, 0.5) is 30.7 Å². The molecule has 1 atom stereocenters. The van der Waals surface area contributed by atoms with Crippen molar-refractivity contribution in [1.29, 1.82) is 0 Å². The number of methoxy groups -OCH3 is 1. The Morgan fingerprint density at radius 1 is 1.00 bits per heavy atom. The smallest absolute Gasteiger partial charge is 0.460 e. The predicted molar refractivity (Wildman–Crippen MR) is 97.7 cm³/mol. The highest BCUT2D eigenvalue weighted by atomic mass is 19.4. The first-order valence-electron chi connectivity index (χ1n) is 8.92. The van der Waals surface area contributed by atoms with E-state index >= 15 is 0 Å². The molecular weight excluding hydrogens is 449 g/mol. The average Bonchev–Trinajstić information content (AvgIpc) is 3.12. The van der Waals surface area contributed by atoms with Crippen LogP contribution in [0.25, 0.3) is 0 Å². The van der Waals surface area contributed by atoms with Crippen LogP contribution in [0.1, 0.15) is 22.3 Å². The van der Waals surface area contributed by atoms with Gasteiger partial charge in [0.1, 0.15) is 5.75 Å². The Balaban J connectivity index is 2.13. The summed E-state index contributed by atoms with van der Waals surface area (Å²) in [6.45, 7) is 0. The van der Waals surface area contributed by atoms with Crippen molar-refractivity contribution >= 4 is 11.6 Å². The number of hydrogen-bond acceptors (Lipinski definition) is 4. The molecule has 0 radical (unpaired) electrons. The van der Waals surface area contributed by atoms with E-state index in [2.05, 4.69) is 5.10 Å². The molecule has 2 aromatic rings. The summed E-state index contributed by atoms with van der Waals surface area (Å²) in [7, 11) is 1.30. The Bertz CT molecular complexity index is 1020. The largest absolute Gasteiger partial charge is 0.497 e. The molecule has 1 heterocycles. The summed E-state index contributed by atoms with van der Waals surface area (Å²) in [5, 5.41) is 13.7. The number of rotatable bonds is 5. The monoisotopic (exact) mass is 464 g/mol. The Kier molecular flexibility index (Phi) is 5.71. The molecule has 0 saturated carbocycles. The lowest BCUT2D eigenvalue weighted by Gasteiger charge is -2.41. The van der Waals surface area contributed by atoms with E-state index in [1.54, 1.807) is 0 Å². The number of hydrogen-bond donors (Lipinski definition) is 1. The number of ether oxygens (including phenoxy) is 1. The van der Waals surface area contributed by atoms with Crippen LogP contribution in [-0.2, 0) is 0 Å². The van der Waals surface area contributed by atoms with Gasteiger partial charge < -0.3 is 9.84 Å². The molecule has 1 N–H and O–H groups in total. The van der Waals surface area contributed by atoms with Crippen molar-refractivity contribution < 1.29 is 45.4 Å². The van der Waals surface area contributed by atoms with E-state index in [4.69, 9.17) is 4.74 Å². The number of alkyl halides is 7.